The molecule has 1 fully saturated rings. The Balaban J connectivity index is 1.66. The summed E-state index contributed by atoms with van der Waals surface area (Å²) in [5.41, 5.74) is 2.86. The van der Waals surface area contributed by atoms with Gasteiger partial charge >= 0.3 is 0 Å². The van der Waals surface area contributed by atoms with Gasteiger partial charge in [0.2, 0.25) is 0 Å². The lowest BCUT2D eigenvalue weighted by atomic mass is 10.2. The number of thioether (sulfide) groups is 1. The van der Waals surface area contributed by atoms with Crippen LogP contribution < -0.4 is 0 Å². The van der Waals surface area contributed by atoms with E-state index < -0.39 is 17.0 Å². The standard InChI is InChI=1S/C22H16ClFN2O2S/c1-14-10-11-16(26(14)15-6-3-2-4-7-15)12-20-21(27)25(22(28)29-20)13-17-18(23)8-5-9-19(17)24/h2-12H,13H2,1H3/b20-12-. The maximum absolute atomic E-state index is 14.1. The summed E-state index contributed by atoms with van der Waals surface area (Å²) < 4.78 is 16.1. The van der Waals surface area contributed by atoms with Gasteiger partial charge in [0.05, 0.1) is 11.4 Å². The monoisotopic (exact) mass is 426 g/mol. The summed E-state index contributed by atoms with van der Waals surface area (Å²) in [4.78, 5) is 26.6. The smallest absolute Gasteiger partial charge is 0.293 e. The van der Waals surface area contributed by atoms with E-state index in [-0.39, 0.29) is 22.0 Å². The molecule has 2 heterocycles. The molecule has 0 atom stereocenters. The number of hydrogen-bond donors (Lipinski definition) is 0. The first-order valence-corrected chi connectivity index (χ1v) is 10.1. The number of carbonyl (C=O) groups is 2. The second-order valence-electron chi connectivity index (χ2n) is 6.54. The molecule has 3 aromatic rings. The SMILES string of the molecule is Cc1ccc(/C=C2\SC(=O)N(Cc3c(F)cccc3Cl)C2=O)n1-c1ccccc1. The number of nitrogens with zero attached hydrogens (tertiary/aromatic N) is 2. The third-order valence-electron chi connectivity index (χ3n) is 4.65. The molecule has 0 radical (unpaired) electrons. The van der Waals surface area contributed by atoms with Crippen LogP contribution in [0.15, 0.2) is 65.6 Å². The number of benzene rings is 2. The van der Waals surface area contributed by atoms with E-state index in [0.29, 0.717) is 0 Å². The first-order chi connectivity index (χ1) is 14.0. The van der Waals surface area contributed by atoms with Crippen LogP contribution in [-0.2, 0) is 11.3 Å². The van der Waals surface area contributed by atoms with E-state index in [1.54, 1.807) is 6.08 Å². The summed E-state index contributed by atoms with van der Waals surface area (Å²) in [6.07, 6.45) is 1.69. The molecule has 2 aromatic carbocycles. The fourth-order valence-electron chi connectivity index (χ4n) is 3.21. The molecule has 2 amide bonds. The Morgan fingerprint density at radius 1 is 1.03 bits per heavy atom. The lowest BCUT2D eigenvalue weighted by Gasteiger charge is -2.14. The van der Waals surface area contributed by atoms with Gasteiger partial charge in [-0.05, 0) is 61.2 Å². The molecule has 0 N–H and O–H groups in total. The van der Waals surface area contributed by atoms with Crippen molar-refractivity contribution in [3.05, 3.63) is 93.4 Å². The van der Waals surface area contributed by atoms with Crippen LogP contribution in [0.4, 0.5) is 9.18 Å². The minimum Gasteiger partial charge on any atom is -0.314 e. The van der Waals surface area contributed by atoms with Crippen molar-refractivity contribution in [3.8, 4) is 5.69 Å². The van der Waals surface area contributed by atoms with Crippen LogP contribution in [0.3, 0.4) is 0 Å². The van der Waals surface area contributed by atoms with E-state index in [9.17, 15) is 14.0 Å². The van der Waals surface area contributed by atoms with Crippen LogP contribution in [0.1, 0.15) is 17.0 Å². The van der Waals surface area contributed by atoms with Crippen LogP contribution in [-0.4, -0.2) is 20.6 Å². The van der Waals surface area contributed by atoms with E-state index in [4.69, 9.17) is 11.6 Å². The van der Waals surface area contributed by atoms with Crippen LogP contribution >= 0.6 is 23.4 Å². The van der Waals surface area contributed by atoms with Crippen molar-refractivity contribution in [2.24, 2.45) is 0 Å². The highest BCUT2D eigenvalue weighted by molar-refractivity contribution is 8.18. The van der Waals surface area contributed by atoms with Gasteiger partial charge in [-0.25, -0.2) is 4.39 Å². The molecule has 7 heteroatoms. The lowest BCUT2D eigenvalue weighted by Crippen LogP contribution is -2.28. The van der Waals surface area contributed by atoms with Crippen molar-refractivity contribution in [1.29, 1.82) is 0 Å². The Kier molecular flexibility index (Phi) is 5.30. The Morgan fingerprint density at radius 3 is 2.52 bits per heavy atom. The van der Waals surface area contributed by atoms with Gasteiger partial charge in [-0.3, -0.25) is 14.5 Å². The van der Waals surface area contributed by atoms with Gasteiger partial charge in [0.1, 0.15) is 5.82 Å². The van der Waals surface area contributed by atoms with Crippen molar-refractivity contribution < 1.29 is 14.0 Å². The van der Waals surface area contributed by atoms with Crippen LogP contribution in [0.2, 0.25) is 5.02 Å². The van der Waals surface area contributed by atoms with Crippen molar-refractivity contribution in [2.45, 2.75) is 13.5 Å². The van der Waals surface area contributed by atoms with Gasteiger partial charge in [-0.1, -0.05) is 35.9 Å². The van der Waals surface area contributed by atoms with E-state index >= 15 is 0 Å². The number of carbonyl (C=O) groups excluding carboxylic acids is 2. The molecule has 1 aliphatic heterocycles. The van der Waals surface area contributed by atoms with Gasteiger partial charge < -0.3 is 4.57 Å². The molecule has 1 saturated heterocycles. The van der Waals surface area contributed by atoms with E-state index in [1.165, 1.54) is 18.2 Å². The zero-order valence-corrected chi connectivity index (χ0v) is 17.0. The average Bonchev–Trinajstić information content (AvgIpc) is 3.19. The molecule has 0 unspecified atom stereocenters. The summed E-state index contributed by atoms with van der Waals surface area (Å²) in [6.45, 7) is 1.77. The fraction of sp³-hybridized carbons (Fsp3) is 0.0909. The average molecular weight is 427 g/mol. The number of aryl methyl sites for hydroxylation is 1. The van der Waals surface area contributed by atoms with E-state index in [1.807, 2.05) is 54.0 Å². The summed E-state index contributed by atoms with van der Waals surface area (Å²) in [6, 6.07) is 17.8. The lowest BCUT2D eigenvalue weighted by molar-refractivity contribution is -0.123. The molecule has 146 valence electrons. The molecule has 1 aliphatic rings. The molecular weight excluding hydrogens is 411 g/mol. The third kappa shape index (κ3) is 3.73. The Labute approximate surface area is 176 Å². The normalized spacial score (nSPS) is 15.6. The predicted octanol–water partition coefficient (Wildman–Crippen LogP) is 5.81. The molecule has 0 aliphatic carbocycles. The first-order valence-electron chi connectivity index (χ1n) is 8.88. The molecule has 4 rings (SSSR count). The zero-order chi connectivity index (χ0) is 20.5. The molecule has 1 aromatic heterocycles. The minimum absolute atomic E-state index is 0.126. The summed E-state index contributed by atoms with van der Waals surface area (Å²) in [7, 11) is 0. The number of rotatable bonds is 4. The van der Waals surface area contributed by atoms with Crippen molar-refractivity contribution in [3.63, 3.8) is 0 Å². The van der Waals surface area contributed by atoms with Crippen molar-refractivity contribution >= 4 is 40.6 Å². The topological polar surface area (TPSA) is 42.3 Å². The number of amides is 2. The van der Waals surface area contributed by atoms with Crippen LogP contribution in [0, 0.1) is 12.7 Å². The number of para-hydroxylation sites is 1. The maximum Gasteiger partial charge on any atom is 0.293 e. The van der Waals surface area contributed by atoms with E-state index in [0.717, 1.165) is 33.7 Å². The molecule has 0 saturated carbocycles. The molecule has 29 heavy (non-hydrogen) atoms. The first kappa shape index (κ1) is 19.5. The number of halogens is 2. The van der Waals surface area contributed by atoms with Gasteiger partial charge in [0, 0.05) is 27.7 Å². The van der Waals surface area contributed by atoms with Gasteiger partial charge in [-0.15, -0.1) is 0 Å². The predicted molar refractivity (Wildman–Crippen MR) is 113 cm³/mol. The minimum atomic E-state index is -0.547. The maximum atomic E-state index is 14.1. The highest BCUT2D eigenvalue weighted by Crippen LogP contribution is 2.35. The summed E-state index contributed by atoms with van der Waals surface area (Å²) in [5.74, 6) is -1.01. The Hall–Kier alpha value is -2.83. The van der Waals surface area contributed by atoms with Crippen LogP contribution in [0.5, 0.6) is 0 Å². The Morgan fingerprint density at radius 2 is 1.79 bits per heavy atom. The van der Waals surface area contributed by atoms with E-state index in [2.05, 4.69) is 0 Å². The third-order valence-corrected chi connectivity index (χ3v) is 5.91. The largest absolute Gasteiger partial charge is 0.314 e. The number of aromatic nitrogens is 1. The second kappa shape index (κ2) is 7.89. The molecule has 0 bridgehead atoms. The van der Waals surface area contributed by atoms with Gasteiger partial charge in [-0.2, -0.15) is 0 Å². The van der Waals surface area contributed by atoms with Crippen LogP contribution in [0.25, 0.3) is 11.8 Å². The summed E-state index contributed by atoms with van der Waals surface area (Å²) in [5, 5.41) is -0.267. The Bertz CT molecular complexity index is 1120. The number of imide groups is 1. The summed E-state index contributed by atoms with van der Waals surface area (Å²) >= 11 is 6.89. The molecule has 0 spiro atoms. The quantitative estimate of drug-likeness (QED) is 0.494. The number of hydrogen-bond acceptors (Lipinski definition) is 3. The highest BCUT2D eigenvalue weighted by Gasteiger charge is 2.36. The van der Waals surface area contributed by atoms with Crippen molar-refractivity contribution in [1.82, 2.24) is 9.47 Å². The zero-order valence-electron chi connectivity index (χ0n) is 15.4. The molecule has 4 nitrogen and oxygen atoms in total. The highest BCUT2D eigenvalue weighted by atomic mass is 35.5. The fourth-order valence-corrected chi connectivity index (χ4v) is 4.26. The van der Waals surface area contributed by atoms with Gasteiger partial charge in [0.15, 0.2) is 0 Å². The van der Waals surface area contributed by atoms with Crippen molar-refractivity contribution in [2.75, 3.05) is 0 Å². The second-order valence-corrected chi connectivity index (χ2v) is 7.94. The molecular formula is C22H16ClFN2O2S. The van der Waals surface area contributed by atoms with Gasteiger partial charge in [0.25, 0.3) is 11.1 Å².